The Morgan fingerprint density at radius 1 is 0.750 bits per heavy atom. The molecule has 2 fully saturated rings. The Morgan fingerprint density at radius 2 is 1.25 bits per heavy atom. The van der Waals surface area contributed by atoms with Crippen molar-refractivity contribution in [2.75, 3.05) is 26.2 Å². The van der Waals surface area contributed by atoms with E-state index in [1.54, 1.807) is 0 Å². The van der Waals surface area contributed by atoms with Gasteiger partial charge in [0.15, 0.2) is 0 Å². The molecule has 0 unspecified atom stereocenters. The van der Waals surface area contributed by atoms with E-state index in [1.807, 2.05) is 0 Å². The maximum Gasteiger partial charge on any atom is -0.00174 e. The van der Waals surface area contributed by atoms with Gasteiger partial charge in [-0.3, -0.25) is 0 Å². The van der Waals surface area contributed by atoms with E-state index >= 15 is 0 Å². The topological polar surface area (TPSA) is 24.1 Å². The summed E-state index contributed by atoms with van der Waals surface area (Å²) in [6.07, 6.45) is 5.70. The fraction of sp³-hybridized carbons (Fsp3) is 1.00. The maximum absolute atomic E-state index is 3.50. The molecule has 0 radical (unpaired) electrons. The zero-order chi connectivity index (χ0) is 8.23. The number of nitrogens with one attached hydrogen (secondary N) is 2. The molecule has 70 valence electrons. The van der Waals surface area contributed by atoms with Crippen molar-refractivity contribution >= 4 is 0 Å². The number of hydrogen-bond acceptors (Lipinski definition) is 2. The molecule has 0 aromatic rings. The van der Waals surface area contributed by atoms with Gasteiger partial charge in [-0.05, 0) is 63.7 Å². The first-order valence-electron chi connectivity index (χ1n) is 5.38. The van der Waals surface area contributed by atoms with Gasteiger partial charge in [-0.2, -0.15) is 0 Å². The second-order valence-electron chi connectivity index (χ2n) is 4.21. The monoisotopic (exact) mass is 168 g/mol. The molecule has 2 aliphatic heterocycles. The Labute approximate surface area is 75.1 Å². The molecule has 2 rings (SSSR count). The highest BCUT2D eigenvalue weighted by Crippen LogP contribution is 2.25. The highest BCUT2D eigenvalue weighted by molar-refractivity contribution is 4.80. The standard InChI is InChI=1S/C10H20N2/c1-3-9(7-11-5-1)10-4-2-6-12-8-10/h9-12H,1-8H2/t9-,10-/m1/s1. The average Bonchev–Trinajstić information content (AvgIpc) is 2.21. The molecule has 0 saturated carbocycles. The SMILES string of the molecule is C1CNC[C@H]([C@@H]2CCCNC2)C1. The molecule has 2 heteroatoms. The fourth-order valence-corrected chi connectivity index (χ4v) is 2.56. The van der Waals surface area contributed by atoms with Crippen LogP contribution in [0.25, 0.3) is 0 Å². The van der Waals surface area contributed by atoms with Crippen LogP contribution in [-0.2, 0) is 0 Å². The van der Waals surface area contributed by atoms with E-state index in [4.69, 9.17) is 0 Å². The van der Waals surface area contributed by atoms with Crippen molar-refractivity contribution in [1.82, 2.24) is 10.6 Å². The Hall–Kier alpha value is -0.0800. The number of piperidine rings is 2. The summed E-state index contributed by atoms with van der Waals surface area (Å²) in [5.74, 6) is 1.93. The van der Waals surface area contributed by atoms with Crippen LogP contribution in [0.2, 0.25) is 0 Å². The van der Waals surface area contributed by atoms with Gasteiger partial charge in [0.2, 0.25) is 0 Å². The zero-order valence-electron chi connectivity index (χ0n) is 7.81. The predicted molar refractivity (Wildman–Crippen MR) is 51.2 cm³/mol. The van der Waals surface area contributed by atoms with Crippen molar-refractivity contribution in [3.63, 3.8) is 0 Å². The summed E-state index contributed by atoms with van der Waals surface area (Å²) in [6, 6.07) is 0. The summed E-state index contributed by atoms with van der Waals surface area (Å²) in [5, 5.41) is 7.01. The van der Waals surface area contributed by atoms with Gasteiger partial charge in [-0.1, -0.05) is 0 Å². The third-order valence-corrected chi connectivity index (χ3v) is 3.34. The van der Waals surface area contributed by atoms with Gasteiger partial charge in [-0.25, -0.2) is 0 Å². The largest absolute Gasteiger partial charge is 0.316 e. The summed E-state index contributed by atoms with van der Waals surface area (Å²) in [6.45, 7) is 5.03. The van der Waals surface area contributed by atoms with Crippen molar-refractivity contribution < 1.29 is 0 Å². The van der Waals surface area contributed by atoms with Crippen molar-refractivity contribution in [2.45, 2.75) is 25.7 Å². The molecule has 0 bridgehead atoms. The molecule has 12 heavy (non-hydrogen) atoms. The Bertz CT molecular complexity index is 108. The highest BCUT2D eigenvalue weighted by atomic mass is 14.9. The maximum atomic E-state index is 3.50. The summed E-state index contributed by atoms with van der Waals surface area (Å²) < 4.78 is 0. The van der Waals surface area contributed by atoms with E-state index in [2.05, 4.69) is 10.6 Å². The number of rotatable bonds is 1. The highest BCUT2D eigenvalue weighted by Gasteiger charge is 2.24. The molecule has 0 amide bonds. The zero-order valence-corrected chi connectivity index (χ0v) is 7.81. The van der Waals surface area contributed by atoms with Gasteiger partial charge in [0, 0.05) is 0 Å². The quantitative estimate of drug-likeness (QED) is 0.610. The van der Waals surface area contributed by atoms with Gasteiger partial charge >= 0.3 is 0 Å². The minimum atomic E-state index is 0.964. The van der Waals surface area contributed by atoms with Crippen LogP contribution in [0, 0.1) is 11.8 Å². The van der Waals surface area contributed by atoms with E-state index in [-0.39, 0.29) is 0 Å². The molecular formula is C10H20N2. The lowest BCUT2D eigenvalue weighted by molar-refractivity contribution is 0.220. The first kappa shape index (κ1) is 8.52. The molecule has 2 aliphatic rings. The van der Waals surface area contributed by atoms with Gasteiger partial charge < -0.3 is 10.6 Å². The second kappa shape index (κ2) is 4.24. The van der Waals surface area contributed by atoms with Gasteiger partial charge in [0.25, 0.3) is 0 Å². The van der Waals surface area contributed by atoms with E-state index in [0.29, 0.717) is 0 Å². The van der Waals surface area contributed by atoms with Crippen molar-refractivity contribution in [3.05, 3.63) is 0 Å². The minimum absolute atomic E-state index is 0.964. The molecule has 2 atom stereocenters. The van der Waals surface area contributed by atoms with Crippen LogP contribution in [-0.4, -0.2) is 26.2 Å². The molecule has 2 heterocycles. The van der Waals surface area contributed by atoms with Crippen LogP contribution in [0.15, 0.2) is 0 Å². The first-order valence-corrected chi connectivity index (χ1v) is 5.38. The van der Waals surface area contributed by atoms with Crippen molar-refractivity contribution in [3.8, 4) is 0 Å². The van der Waals surface area contributed by atoms with E-state index < -0.39 is 0 Å². The van der Waals surface area contributed by atoms with E-state index in [0.717, 1.165) is 11.8 Å². The Balaban J connectivity index is 1.80. The Kier molecular flexibility index (Phi) is 3.01. The first-order chi connectivity index (χ1) is 5.97. The normalized spacial score (nSPS) is 38.0. The van der Waals surface area contributed by atoms with E-state index in [9.17, 15) is 0 Å². The summed E-state index contributed by atoms with van der Waals surface area (Å²) >= 11 is 0. The van der Waals surface area contributed by atoms with Crippen LogP contribution >= 0.6 is 0 Å². The molecular weight excluding hydrogens is 148 g/mol. The number of hydrogen-bond donors (Lipinski definition) is 2. The molecule has 2 N–H and O–H groups in total. The molecule has 0 aromatic heterocycles. The van der Waals surface area contributed by atoms with Crippen LogP contribution in [0.3, 0.4) is 0 Å². The van der Waals surface area contributed by atoms with Crippen LogP contribution in [0.1, 0.15) is 25.7 Å². The van der Waals surface area contributed by atoms with Crippen molar-refractivity contribution in [2.24, 2.45) is 11.8 Å². The lowest BCUT2D eigenvalue weighted by Gasteiger charge is -2.33. The fourth-order valence-electron chi connectivity index (χ4n) is 2.56. The Morgan fingerprint density at radius 3 is 1.58 bits per heavy atom. The summed E-state index contributed by atoms with van der Waals surface area (Å²) in [7, 11) is 0. The van der Waals surface area contributed by atoms with E-state index in [1.165, 1.54) is 51.9 Å². The van der Waals surface area contributed by atoms with Gasteiger partial charge in [0.1, 0.15) is 0 Å². The molecule has 2 nitrogen and oxygen atoms in total. The molecule has 0 aromatic carbocycles. The lowest BCUT2D eigenvalue weighted by Crippen LogP contribution is -2.40. The van der Waals surface area contributed by atoms with Crippen LogP contribution < -0.4 is 10.6 Å². The van der Waals surface area contributed by atoms with Crippen LogP contribution in [0.5, 0.6) is 0 Å². The van der Waals surface area contributed by atoms with Gasteiger partial charge in [0.05, 0.1) is 0 Å². The van der Waals surface area contributed by atoms with Gasteiger partial charge in [-0.15, -0.1) is 0 Å². The smallest absolute Gasteiger partial charge is 0.00174 e. The van der Waals surface area contributed by atoms with Crippen molar-refractivity contribution in [1.29, 1.82) is 0 Å². The molecule has 2 saturated heterocycles. The average molecular weight is 168 g/mol. The third-order valence-electron chi connectivity index (χ3n) is 3.34. The summed E-state index contributed by atoms with van der Waals surface area (Å²) in [5.41, 5.74) is 0. The van der Waals surface area contributed by atoms with Crippen LogP contribution in [0.4, 0.5) is 0 Å². The predicted octanol–water partition coefficient (Wildman–Crippen LogP) is 0.986. The third kappa shape index (κ3) is 1.99. The lowest BCUT2D eigenvalue weighted by atomic mass is 9.82. The second-order valence-corrected chi connectivity index (χ2v) is 4.21. The molecule has 0 aliphatic carbocycles. The molecule has 0 spiro atoms. The summed E-state index contributed by atoms with van der Waals surface area (Å²) in [4.78, 5) is 0. The minimum Gasteiger partial charge on any atom is -0.316 e.